The van der Waals surface area contributed by atoms with Gasteiger partial charge in [-0.2, -0.15) is 0 Å². The van der Waals surface area contributed by atoms with Crippen molar-refractivity contribution in [2.75, 3.05) is 11.1 Å². The number of amides is 1. The maximum atomic E-state index is 13.2. The normalized spacial score (nSPS) is 10.1. The number of benzene rings is 2. The van der Waals surface area contributed by atoms with Crippen molar-refractivity contribution in [1.82, 2.24) is 0 Å². The molecule has 0 saturated heterocycles. The Labute approximate surface area is 104 Å². The van der Waals surface area contributed by atoms with E-state index in [1.54, 1.807) is 37.3 Å². The van der Waals surface area contributed by atoms with Crippen molar-refractivity contribution in [3.63, 3.8) is 0 Å². The summed E-state index contributed by atoms with van der Waals surface area (Å²) < 4.78 is 13.2. The summed E-state index contributed by atoms with van der Waals surface area (Å²) in [5, 5.41) is 2.62. The second-order valence-electron chi connectivity index (χ2n) is 4.06. The number of hydrogen-bond donors (Lipinski definition) is 2. The molecule has 0 aliphatic heterocycles. The Morgan fingerprint density at radius 2 is 1.94 bits per heavy atom. The number of para-hydroxylation sites is 1. The summed E-state index contributed by atoms with van der Waals surface area (Å²) in [6, 6.07) is 11.1. The van der Waals surface area contributed by atoms with Crippen LogP contribution < -0.4 is 11.1 Å². The minimum absolute atomic E-state index is 0.349. The van der Waals surface area contributed by atoms with Gasteiger partial charge in [-0.1, -0.05) is 12.1 Å². The Morgan fingerprint density at radius 1 is 1.22 bits per heavy atom. The van der Waals surface area contributed by atoms with Crippen LogP contribution >= 0.6 is 0 Å². The Hall–Kier alpha value is -2.36. The zero-order valence-electron chi connectivity index (χ0n) is 9.91. The predicted octanol–water partition coefficient (Wildman–Crippen LogP) is 2.97. The molecule has 0 saturated carbocycles. The van der Waals surface area contributed by atoms with Gasteiger partial charge in [-0.25, -0.2) is 4.39 Å². The number of hydrogen-bond acceptors (Lipinski definition) is 2. The van der Waals surface area contributed by atoms with E-state index in [1.807, 2.05) is 0 Å². The topological polar surface area (TPSA) is 55.1 Å². The van der Waals surface area contributed by atoms with Gasteiger partial charge in [0.2, 0.25) is 0 Å². The Kier molecular flexibility index (Phi) is 3.28. The maximum absolute atomic E-state index is 13.2. The molecular formula is C14H13FN2O. The SMILES string of the molecule is Cc1cc(F)cc(NC(=O)c2ccccc2N)c1. The van der Waals surface area contributed by atoms with E-state index in [4.69, 9.17) is 5.73 Å². The van der Waals surface area contributed by atoms with E-state index in [-0.39, 0.29) is 11.7 Å². The standard InChI is InChI=1S/C14H13FN2O/c1-9-6-10(15)8-11(7-9)17-14(18)12-4-2-3-5-13(12)16/h2-8H,16H2,1H3,(H,17,18). The average Bonchev–Trinajstić information content (AvgIpc) is 2.27. The molecule has 0 fully saturated rings. The molecule has 0 unspecified atom stereocenters. The number of anilines is 2. The monoisotopic (exact) mass is 244 g/mol. The minimum atomic E-state index is -0.383. The third-order valence-corrected chi connectivity index (χ3v) is 2.51. The van der Waals surface area contributed by atoms with Crippen molar-refractivity contribution >= 4 is 17.3 Å². The number of nitrogen functional groups attached to an aromatic ring is 1. The van der Waals surface area contributed by atoms with Crippen LogP contribution in [0.1, 0.15) is 15.9 Å². The predicted molar refractivity (Wildman–Crippen MR) is 69.9 cm³/mol. The molecule has 0 spiro atoms. The molecule has 1 amide bonds. The average molecular weight is 244 g/mol. The lowest BCUT2D eigenvalue weighted by atomic mass is 10.1. The van der Waals surface area contributed by atoms with Gasteiger partial charge in [0.15, 0.2) is 0 Å². The summed E-state index contributed by atoms with van der Waals surface area (Å²) in [5.74, 6) is -0.732. The summed E-state index contributed by atoms with van der Waals surface area (Å²) in [5.41, 5.74) is 7.63. The smallest absolute Gasteiger partial charge is 0.257 e. The fraction of sp³-hybridized carbons (Fsp3) is 0.0714. The van der Waals surface area contributed by atoms with Gasteiger partial charge in [0, 0.05) is 11.4 Å². The lowest BCUT2D eigenvalue weighted by Gasteiger charge is -2.08. The third-order valence-electron chi connectivity index (χ3n) is 2.51. The zero-order valence-corrected chi connectivity index (χ0v) is 9.91. The molecule has 0 bridgehead atoms. The molecule has 0 aliphatic carbocycles. The first-order chi connectivity index (χ1) is 8.56. The van der Waals surface area contributed by atoms with Gasteiger partial charge >= 0.3 is 0 Å². The van der Waals surface area contributed by atoms with Crippen LogP contribution in [0.5, 0.6) is 0 Å². The van der Waals surface area contributed by atoms with Gasteiger partial charge in [0.25, 0.3) is 5.91 Å². The minimum Gasteiger partial charge on any atom is -0.398 e. The number of carbonyl (C=O) groups is 1. The molecule has 0 aromatic heterocycles. The van der Waals surface area contributed by atoms with E-state index >= 15 is 0 Å². The van der Waals surface area contributed by atoms with Crippen LogP contribution in [-0.4, -0.2) is 5.91 Å². The van der Waals surface area contributed by atoms with Crippen LogP contribution in [0.25, 0.3) is 0 Å². The Morgan fingerprint density at radius 3 is 2.61 bits per heavy atom. The number of rotatable bonds is 2. The highest BCUT2D eigenvalue weighted by Gasteiger charge is 2.09. The molecule has 2 rings (SSSR count). The molecule has 92 valence electrons. The number of aryl methyl sites for hydroxylation is 1. The van der Waals surface area contributed by atoms with E-state index in [9.17, 15) is 9.18 Å². The molecule has 0 radical (unpaired) electrons. The van der Waals surface area contributed by atoms with Crippen LogP contribution in [0.3, 0.4) is 0 Å². The first-order valence-electron chi connectivity index (χ1n) is 5.49. The number of carbonyl (C=O) groups excluding carboxylic acids is 1. The van der Waals surface area contributed by atoms with Crippen LogP contribution in [0.2, 0.25) is 0 Å². The summed E-state index contributed by atoms with van der Waals surface area (Å²) in [4.78, 5) is 11.9. The first-order valence-corrected chi connectivity index (χ1v) is 5.49. The van der Waals surface area contributed by atoms with Gasteiger partial charge in [-0.15, -0.1) is 0 Å². The van der Waals surface area contributed by atoms with Crippen molar-refractivity contribution < 1.29 is 9.18 Å². The van der Waals surface area contributed by atoms with Crippen LogP contribution in [0, 0.1) is 12.7 Å². The van der Waals surface area contributed by atoms with Gasteiger partial charge in [0.1, 0.15) is 5.82 Å². The lowest BCUT2D eigenvalue weighted by Crippen LogP contribution is -2.14. The summed E-state index contributed by atoms with van der Waals surface area (Å²) in [6.45, 7) is 1.76. The van der Waals surface area contributed by atoms with Crippen LogP contribution in [0.15, 0.2) is 42.5 Å². The molecule has 18 heavy (non-hydrogen) atoms. The van der Waals surface area contributed by atoms with Gasteiger partial charge in [-0.3, -0.25) is 4.79 Å². The lowest BCUT2D eigenvalue weighted by molar-refractivity contribution is 0.102. The molecule has 0 heterocycles. The van der Waals surface area contributed by atoms with Crippen molar-refractivity contribution in [2.45, 2.75) is 6.92 Å². The summed E-state index contributed by atoms with van der Waals surface area (Å²) in [7, 11) is 0. The molecule has 3 N–H and O–H groups in total. The van der Waals surface area contributed by atoms with Crippen LogP contribution in [-0.2, 0) is 0 Å². The fourth-order valence-corrected chi connectivity index (χ4v) is 1.71. The van der Waals surface area contributed by atoms with E-state index in [2.05, 4.69) is 5.32 Å². The first kappa shape index (κ1) is 12.1. The highest BCUT2D eigenvalue weighted by Crippen LogP contribution is 2.16. The number of halogens is 1. The van der Waals surface area contributed by atoms with Gasteiger partial charge < -0.3 is 11.1 Å². The van der Waals surface area contributed by atoms with Crippen molar-refractivity contribution in [1.29, 1.82) is 0 Å². The van der Waals surface area contributed by atoms with Crippen LogP contribution in [0.4, 0.5) is 15.8 Å². The van der Waals surface area contributed by atoms with E-state index in [0.717, 1.165) is 5.56 Å². The quantitative estimate of drug-likeness (QED) is 0.798. The number of nitrogens with one attached hydrogen (secondary N) is 1. The van der Waals surface area contributed by atoms with E-state index in [0.29, 0.717) is 16.9 Å². The van der Waals surface area contributed by atoms with Gasteiger partial charge in [-0.05, 0) is 42.8 Å². The zero-order chi connectivity index (χ0) is 13.1. The van der Waals surface area contributed by atoms with E-state index in [1.165, 1.54) is 12.1 Å². The Bertz CT molecular complexity index is 576. The van der Waals surface area contributed by atoms with E-state index < -0.39 is 0 Å². The summed E-state index contributed by atoms with van der Waals surface area (Å²) >= 11 is 0. The molecule has 2 aromatic carbocycles. The molecule has 2 aromatic rings. The summed E-state index contributed by atoms with van der Waals surface area (Å²) in [6.07, 6.45) is 0. The molecular weight excluding hydrogens is 231 g/mol. The fourth-order valence-electron chi connectivity index (χ4n) is 1.71. The second kappa shape index (κ2) is 4.87. The molecule has 4 heteroatoms. The molecule has 3 nitrogen and oxygen atoms in total. The molecule has 0 atom stereocenters. The third kappa shape index (κ3) is 2.66. The maximum Gasteiger partial charge on any atom is 0.257 e. The van der Waals surface area contributed by atoms with Gasteiger partial charge in [0.05, 0.1) is 5.56 Å². The van der Waals surface area contributed by atoms with Crippen molar-refractivity contribution in [2.24, 2.45) is 0 Å². The Balaban J connectivity index is 2.24. The largest absolute Gasteiger partial charge is 0.398 e. The number of nitrogens with two attached hydrogens (primary N) is 1. The van der Waals surface area contributed by atoms with Crippen molar-refractivity contribution in [3.8, 4) is 0 Å². The second-order valence-corrected chi connectivity index (χ2v) is 4.06. The van der Waals surface area contributed by atoms with Crippen molar-refractivity contribution in [3.05, 3.63) is 59.4 Å². The molecule has 0 aliphatic rings. The highest BCUT2D eigenvalue weighted by atomic mass is 19.1. The highest BCUT2D eigenvalue weighted by molar-refractivity contribution is 6.07.